The molecule has 1 aromatic rings. The minimum atomic E-state index is -0.0731. The summed E-state index contributed by atoms with van der Waals surface area (Å²) < 4.78 is 10.2. The van der Waals surface area contributed by atoms with E-state index in [0.29, 0.717) is 17.1 Å². The van der Waals surface area contributed by atoms with Gasteiger partial charge in [-0.05, 0) is 23.3 Å². The third-order valence-corrected chi connectivity index (χ3v) is 1.95. The van der Waals surface area contributed by atoms with Crippen molar-refractivity contribution in [3.63, 3.8) is 0 Å². The quantitative estimate of drug-likeness (QED) is 0.793. The summed E-state index contributed by atoms with van der Waals surface area (Å²) in [5.74, 6) is 1.38. The van der Waals surface area contributed by atoms with Gasteiger partial charge in [-0.25, -0.2) is 0 Å². The van der Waals surface area contributed by atoms with Crippen LogP contribution in [0.25, 0.3) is 5.57 Å². The number of methoxy groups -OCH3 is 2. The largest absolute Gasteiger partial charge is 0.497 e. The second kappa shape index (κ2) is 4.67. The van der Waals surface area contributed by atoms with Gasteiger partial charge in [0.1, 0.15) is 11.5 Å². The minimum Gasteiger partial charge on any atom is -0.497 e. The minimum absolute atomic E-state index is 0.0731. The van der Waals surface area contributed by atoms with Gasteiger partial charge >= 0.3 is 0 Å². The van der Waals surface area contributed by atoms with Gasteiger partial charge in [0.25, 0.3) is 0 Å². The Morgan fingerprint density at radius 1 is 1.21 bits per heavy atom. The molecule has 0 aliphatic heterocycles. The molecule has 0 saturated carbocycles. The molecule has 3 nitrogen and oxygen atoms in total. The smallest absolute Gasteiger partial charge is 0.123 e. The van der Waals surface area contributed by atoms with Crippen molar-refractivity contribution >= 4 is 5.57 Å². The molecular weight excluding hydrogens is 180 g/mol. The van der Waals surface area contributed by atoms with Crippen molar-refractivity contribution in [1.29, 1.82) is 0 Å². The number of rotatable bonds is 4. The van der Waals surface area contributed by atoms with Gasteiger partial charge in [-0.1, -0.05) is 6.58 Å². The van der Waals surface area contributed by atoms with E-state index in [1.807, 2.05) is 0 Å². The van der Waals surface area contributed by atoms with E-state index in [1.54, 1.807) is 32.4 Å². The lowest BCUT2D eigenvalue weighted by molar-refractivity contribution is 0.350. The van der Waals surface area contributed by atoms with Crippen molar-refractivity contribution in [2.45, 2.75) is 0 Å². The first-order valence-corrected chi connectivity index (χ1v) is 4.23. The molecule has 0 amide bonds. The molecule has 0 unspecified atom stereocenters. The van der Waals surface area contributed by atoms with Gasteiger partial charge in [0, 0.05) is 6.07 Å². The zero-order valence-electron chi connectivity index (χ0n) is 8.41. The standard InChI is InChI=1S/C11H14O3/c1-8(7-12)9-4-10(13-2)6-11(5-9)14-3/h4-6,12H,1,7H2,2-3H3. The van der Waals surface area contributed by atoms with Crippen LogP contribution in [-0.2, 0) is 0 Å². The van der Waals surface area contributed by atoms with Crippen LogP contribution in [0.3, 0.4) is 0 Å². The molecule has 0 atom stereocenters. The summed E-state index contributed by atoms with van der Waals surface area (Å²) in [6.07, 6.45) is 0. The van der Waals surface area contributed by atoms with Gasteiger partial charge in [0.2, 0.25) is 0 Å². The lowest BCUT2D eigenvalue weighted by atomic mass is 10.1. The molecule has 3 heteroatoms. The SMILES string of the molecule is C=C(CO)c1cc(OC)cc(OC)c1. The highest BCUT2D eigenvalue weighted by atomic mass is 16.5. The monoisotopic (exact) mass is 194 g/mol. The molecule has 0 aliphatic rings. The average molecular weight is 194 g/mol. The molecule has 0 radical (unpaired) electrons. The summed E-state index contributed by atoms with van der Waals surface area (Å²) in [6.45, 7) is 3.66. The Hall–Kier alpha value is -1.48. The van der Waals surface area contributed by atoms with Crippen LogP contribution in [-0.4, -0.2) is 25.9 Å². The predicted molar refractivity (Wildman–Crippen MR) is 55.7 cm³/mol. The number of benzene rings is 1. The average Bonchev–Trinajstić information content (AvgIpc) is 2.27. The van der Waals surface area contributed by atoms with Crippen molar-refractivity contribution in [3.05, 3.63) is 30.3 Å². The van der Waals surface area contributed by atoms with Crippen LogP contribution in [0.2, 0.25) is 0 Å². The van der Waals surface area contributed by atoms with E-state index >= 15 is 0 Å². The molecule has 0 aromatic heterocycles. The van der Waals surface area contributed by atoms with Crippen LogP contribution in [0, 0.1) is 0 Å². The van der Waals surface area contributed by atoms with Crippen molar-refractivity contribution < 1.29 is 14.6 Å². The fraction of sp³-hybridized carbons (Fsp3) is 0.273. The van der Waals surface area contributed by atoms with Crippen LogP contribution in [0.5, 0.6) is 11.5 Å². The second-order valence-corrected chi connectivity index (χ2v) is 2.86. The third kappa shape index (κ3) is 2.26. The highest BCUT2D eigenvalue weighted by molar-refractivity contribution is 5.66. The molecule has 0 bridgehead atoms. The number of aliphatic hydroxyl groups excluding tert-OH is 1. The van der Waals surface area contributed by atoms with E-state index in [-0.39, 0.29) is 6.61 Å². The Kier molecular flexibility index (Phi) is 3.54. The number of aliphatic hydroxyl groups is 1. The number of ether oxygens (including phenoxy) is 2. The predicted octanol–water partition coefficient (Wildman–Crippen LogP) is 1.71. The van der Waals surface area contributed by atoms with Crippen molar-refractivity contribution in [3.8, 4) is 11.5 Å². The zero-order valence-corrected chi connectivity index (χ0v) is 8.41. The molecule has 0 heterocycles. The van der Waals surface area contributed by atoms with E-state index in [2.05, 4.69) is 6.58 Å². The molecule has 0 saturated heterocycles. The molecule has 14 heavy (non-hydrogen) atoms. The molecule has 0 spiro atoms. The maximum Gasteiger partial charge on any atom is 0.123 e. The Bertz CT molecular complexity index is 309. The van der Waals surface area contributed by atoms with E-state index in [9.17, 15) is 0 Å². The molecular formula is C11H14O3. The summed E-state index contributed by atoms with van der Waals surface area (Å²) >= 11 is 0. The summed E-state index contributed by atoms with van der Waals surface area (Å²) in [6, 6.07) is 5.39. The third-order valence-electron chi connectivity index (χ3n) is 1.95. The zero-order chi connectivity index (χ0) is 10.6. The summed E-state index contributed by atoms with van der Waals surface area (Å²) in [5, 5.41) is 8.93. The van der Waals surface area contributed by atoms with E-state index in [1.165, 1.54) is 0 Å². The first-order valence-electron chi connectivity index (χ1n) is 4.23. The first-order chi connectivity index (χ1) is 6.71. The number of hydrogen-bond acceptors (Lipinski definition) is 3. The molecule has 1 aromatic carbocycles. The summed E-state index contributed by atoms with van der Waals surface area (Å²) in [4.78, 5) is 0. The summed E-state index contributed by atoms with van der Waals surface area (Å²) in [5.41, 5.74) is 1.46. The fourth-order valence-corrected chi connectivity index (χ4v) is 1.10. The van der Waals surface area contributed by atoms with Gasteiger partial charge < -0.3 is 14.6 Å². The Labute approximate surface area is 83.6 Å². The fourth-order valence-electron chi connectivity index (χ4n) is 1.10. The van der Waals surface area contributed by atoms with Crippen LogP contribution < -0.4 is 9.47 Å². The van der Waals surface area contributed by atoms with E-state index in [0.717, 1.165) is 5.56 Å². The first kappa shape index (κ1) is 10.6. The molecule has 1 rings (SSSR count). The maximum absolute atomic E-state index is 8.93. The highest BCUT2D eigenvalue weighted by Crippen LogP contribution is 2.25. The highest BCUT2D eigenvalue weighted by Gasteiger charge is 2.03. The van der Waals surface area contributed by atoms with Gasteiger partial charge in [-0.2, -0.15) is 0 Å². The topological polar surface area (TPSA) is 38.7 Å². The van der Waals surface area contributed by atoms with Crippen LogP contribution >= 0.6 is 0 Å². The van der Waals surface area contributed by atoms with E-state index < -0.39 is 0 Å². The Morgan fingerprint density at radius 3 is 2.07 bits per heavy atom. The molecule has 0 fully saturated rings. The normalized spacial score (nSPS) is 9.64. The summed E-state index contributed by atoms with van der Waals surface area (Å²) in [7, 11) is 3.17. The molecule has 76 valence electrons. The van der Waals surface area contributed by atoms with Crippen LogP contribution in [0.1, 0.15) is 5.56 Å². The van der Waals surface area contributed by atoms with Crippen molar-refractivity contribution in [2.24, 2.45) is 0 Å². The molecule has 1 N–H and O–H groups in total. The lowest BCUT2D eigenvalue weighted by Gasteiger charge is -2.08. The van der Waals surface area contributed by atoms with Gasteiger partial charge in [-0.3, -0.25) is 0 Å². The Morgan fingerprint density at radius 2 is 1.71 bits per heavy atom. The number of hydrogen-bond donors (Lipinski definition) is 1. The van der Waals surface area contributed by atoms with Gasteiger partial charge in [0.05, 0.1) is 20.8 Å². The Balaban J connectivity index is 3.10. The van der Waals surface area contributed by atoms with Crippen LogP contribution in [0.4, 0.5) is 0 Å². The van der Waals surface area contributed by atoms with Crippen molar-refractivity contribution in [1.82, 2.24) is 0 Å². The lowest BCUT2D eigenvalue weighted by Crippen LogP contribution is -1.93. The van der Waals surface area contributed by atoms with E-state index in [4.69, 9.17) is 14.6 Å². The van der Waals surface area contributed by atoms with Crippen LogP contribution in [0.15, 0.2) is 24.8 Å². The van der Waals surface area contributed by atoms with Gasteiger partial charge in [0.15, 0.2) is 0 Å². The molecule has 0 aliphatic carbocycles. The van der Waals surface area contributed by atoms with Gasteiger partial charge in [-0.15, -0.1) is 0 Å². The van der Waals surface area contributed by atoms with Crippen molar-refractivity contribution in [2.75, 3.05) is 20.8 Å². The maximum atomic E-state index is 8.93. The second-order valence-electron chi connectivity index (χ2n) is 2.86.